The van der Waals surface area contributed by atoms with Crippen molar-refractivity contribution in [1.82, 2.24) is 14.9 Å². The summed E-state index contributed by atoms with van der Waals surface area (Å²) in [5.74, 6) is 0.143. The first-order chi connectivity index (χ1) is 14.2. The van der Waals surface area contributed by atoms with Gasteiger partial charge in [0.25, 0.3) is 5.91 Å². The number of amides is 2. The number of carbonyl (C=O) groups excluding carboxylic acids is 2. The summed E-state index contributed by atoms with van der Waals surface area (Å²) >= 11 is 0. The predicted molar refractivity (Wildman–Crippen MR) is 112 cm³/mol. The van der Waals surface area contributed by atoms with Crippen LogP contribution in [-0.4, -0.2) is 65.4 Å². The van der Waals surface area contributed by atoms with Crippen LogP contribution < -0.4 is 10.1 Å². The number of hydrogen-bond acceptors (Lipinski definition) is 7. The van der Waals surface area contributed by atoms with E-state index in [0.29, 0.717) is 48.5 Å². The highest BCUT2D eigenvalue weighted by Gasteiger charge is 2.43. The fourth-order valence-corrected chi connectivity index (χ4v) is 3.36. The van der Waals surface area contributed by atoms with Gasteiger partial charge in [0.05, 0.1) is 18.3 Å². The molecule has 2 aromatic heterocycles. The van der Waals surface area contributed by atoms with Crippen molar-refractivity contribution in [3.05, 3.63) is 24.4 Å². The van der Waals surface area contributed by atoms with Crippen molar-refractivity contribution < 1.29 is 23.8 Å². The van der Waals surface area contributed by atoms with Gasteiger partial charge in [-0.2, -0.15) is 0 Å². The van der Waals surface area contributed by atoms with Gasteiger partial charge < -0.3 is 24.4 Å². The van der Waals surface area contributed by atoms with Gasteiger partial charge in [-0.25, -0.2) is 9.78 Å². The molecule has 1 saturated heterocycles. The molecule has 2 amide bonds. The van der Waals surface area contributed by atoms with Crippen LogP contribution in [0.5, 0.6) is 5.88 Å². The molecule has 0 aliphatic carbocycles. The van der Waals surface area contributed by atoms with Crippen molar-refractivity contribution in [2.45, 2.75) is 44.8 Å². The predicted octanol–water partition coefficient (Wildman–Crippen LogP) is 2.99. The van der Waals surface area contributed by atoms with Crippen LogP contribution >= 0.6 is 0 Å². The lowest BCUT2D eigenvalue weighted by Crippen LogP contribution is -2.54. The number of piperidine rings is 1. The number of pyridine rings is 2. The molecule has 0 unspecified atom stereocenters. The molecular weight excluding hydrogens is 388 g/mol. The van der Waals surface area contributed by atoms with Gasteiger partial charge in [0, 0.05) is 45.3 Å². The summed E-state index contributed by atoms with van der Waals surface area (Å²) in [4.78, 5) is 35.8. The molecule has 3 heterocycles. The molecule has 30 heavy (non-hydrogen) atoms. The Bertz CT molecular complexity index is 933. The van der Waals surface area contributed by atoms with Gasteiger partial charge in [-0.1, -0.05) is 0 Å². The van der Waals surface area contributed by atoms with E-state index < -0.39 is 11.2 Å². The van der Waals surface area contributed by atoms with E-state index in [4.69, 9.17) is 14.2 Å². The van der Waals surface area contributed by atoms with Gasteiger partial charge in [0.1, 0.15) is 16.7 Å². The second kappa shape index (κ2) is 8.43. The summed E-state index contributed by atoms with van der Waals surface area (Å²) in [5, 5.41) is 2.92. The highest BCUT2D eigenvalue weighted by molar-refractivity contribution is 6.03. The summed E-state index contributed by atoms with van der Waals surface area (Å²) in [6.07, 6.45) is 1.93. The third-order valence-electron chi connectivity index (χ3n) is 5.04. The molecule has 2 aromatic rings. The topological polar surface area (TPSA) is 103 Å². The van der Waals surface area contributed by atoms with Crippen LogP contribution in [0.15, 0.2) is 24.4 Å². The summed E-state index contributed by atoms with van der Waals surface area (Å²) in [6.45, 7) is 6.19. The normalized spacial score (nSPS) is 16.2. The van der Waals surface area contributed by atoms with Crippen LogP contribution in [0.4, 0.5) is 10.5 Å². The quantitative estimate of drug-likeness (QED) is 0.817. The maximum Gasteiger partial charge on any atom is 0.410 e. The zero-order chi connectivity index (χ0) is 21.9. The second-order valence-corrected chi connectivity index (χ2v) is 8.20. The lowest BCUT2D eigenvalue weighted by atomic mass is 9.90. The third-order valence-corrected chi connectivity index (χ3v) is 5.04. The SMILES string of the molecule is COc1ccc2nccc(NC(=O)C3(OC)CCN(C(=O)OC(C)(C)C)CC3)c2n1. The van der Waals surface area contributed by atoms with Crippen molar-refractivity contribution >= 4 is 28.7 Å². The summed E-state index contributed by atoms with van der Waals surface area (Å²) in [5.41, 5.74) is 0.0746. The van der Waals surface area contributed by atoms with Crippen molar-refractivity contribution in [1.29, 1.82) is 0 Å². The molecular formula is C21H28N4O5. The molecule has 1 fully saturated rings. The fraction of sp³-hybridized carbons (Fsp3) is 0.524. The van der Waals surface area contributed by atoms with E-state index in [2.05, 4.69) is 15.3 Å². The van der Waals surface area contributed by atoms with Crippen molar-refractivity contribution in [3.8, 4) is 5.88 Å². The number of methoxy groups -OCH3 is 2. The average Bonchev–Trinajstić information content (AvgIpc) is 2.72. The van der Waals surface area contributed by atoms with Gasteiger partial charge >= 0.3 is 6.09 Å². The van der Waals surface area contributed by atoms with Crippen molar-refractivity contribution in [2.75, 3.05) is 32.6 Å². The molecule has 0 radical (unpaired) electrons. The minimum atomic E-state index is -1.05. The molecule has 9 heteroatoms. The number of nitrogens with zero attached hydrogens (tertiary/aromatic N) is 3. The number of likely N-dealkylation sites (tertiary alicyclic amines) is 1. The molecule has 0 atom stereocenters. The van der Waals surface area contributed by atoms with Crippen LogP contribution in [0.3, 0.4) is 0 Å². The Balaban J connectivity index is 1.75. The average molecular weight is 416 g/mol. The van der Waals surface area contributed by atoms with E-state index in [1.165, 1.54) is 14.2 Å². The second-order valence-electron chi connectivity index (χ2n) is 8.20. The van der Waals surface area contributed by atoms with Crippen LogP contribution in [-0.2, 0) is 14.3 Å². The van der Waals surface area contributed by atoms with Crippen LogP contribution in [0.2, 0.25) is 0 Å². The van der Waals surface area contributed by atoms with Crippen LogP contribution in [0.25, 0.3) is 11.0 Å². The smallest absolute Gasteiger partial charge is 0.410 e. The van der Waals surface area contributed by atoms with Gasteiger partial charge in [-0.15, -0.1) is 0 Å². The Morgan fingerprint density at radius 2 is 1.83 bits per heavy atom. The van der Waals surface area contributed by atoms with Crippen LogP contribution in [0.1, 0.15) is 33.6 Å². The molecule has 0 aromatic carbocycles. The van der Waals surface area contributed by atoms with E-state index in [-0.39, 0.29) is 12.0 Å². The number of hydrogen-bond donors (Lipinski definition) is 1. The Morgan fingerprint density at radius 3 is 2.43 bits per heavy atom. The number of carbonyl (C=O) groups is 2. The maximum absolute atomic E-state index is 13.2. The minimum absolute atomic E-state index is 0.286. The van der Waals surface area contributed by atoms with E-state index in [1.807, 2.05) is 20.8 Å². The number of nitrogens with one attached hydrogen (secondary N) is 1. The zero-order valence-corrected chi connectivity index (χ0v) is 18.0. The van der Waals surface area contributed by atoms with E-state index in [0.717, 1.165) is 0 Å². The van der Waals surface area contributed by atoms with Crippen LogP contribution in [0, 0.1) is 0 Å². The molecule has 3 rings (SSSR count). The number of anilines is 1. The fourth-order valence-electron chi connectivity index (χ4n) is 3.36. The zero-order valence-electron chi connectivity index (χ0n) is 18.0. The molecule has 1 aliphatic rings. The first-order valence-corrected chi connectivity index (χ1v) is 9.82. The summed E-state index contributed by atoms with van der Waals surface area (Å²) in [6, 6.07) is 5.18. The number of aromatic nitrogens is 2. The molecule has 1 aliphatic heterocycles. The molecule has 1 N–H and O–H groups in total. The first kappa shape index (κ1) is 21.8. The van der Waals surface area contributed by atoms with E-state index in [1.54, 1.807) is 29.3 Å². The number of ether oxygens (including phenoxy) is 3. The van der Waals surface area contributed by atoms with Crippen molar-refractivity contribution in [2.24, 2.45) is 0 Å². The molecule has 0 saturated carbocycles. The summed E-state index contributed by atoms with van der Waals surface area (Å²) < 4.78 is 16.3. The van der Waals surface area contributed by atoms with Gasteiger partial charge in [0.15, 0.2) is 0 Å². The maximum atomic E-state index is 13.2. The van der Waals surface area contributed by atoms with E-state index >= 15 is 0 Å². The van der Waals surface area contributed by atoms with Gasteiger partial charge in [-0.05, 0) is 32.9 Å². The highest BCUT2D eigenvalue weighted by Crippen LogP contribution is 2.30. The Morgan fingerprint density at radius 1 is 1.13 bits per heavy atom. The third kappa shape index (κ3) is 4.62. The van der Waals surface area contributed by atoms with E-state index in [9.17, 15) is 9.59 Å². The van der Waals surface area contributed by atoms with Gasteiger partial charge in [-0.3, -0.25) is 9.78 Å². The molecule has 9 nitrogen and oxygen atoms in total. The largest absolute Gasteiger partial charge is 0.481 e. The van der Waals surface area contributed by atoms with Gasteiger partial charge in [0.2, 0.25) is 5.88 Å². The highest BCUT2D eigenvalue weighted by atomic mass is 16.6. The standard InChI is InChI=1S/C21H28N4O5/c1-20(2,3)30-19(27)25-12-9-21(29-5,10-13-25)18(26)23-15-8-11-22-14-6-7-16(28-4)24-17(14)15/h6-8,11H,9-10,12-13H2,1-5H3,(H,22,23,26). The first-order valence-electron chi connectivity index (χ1n) is 9.82. The lowest BCUT2D eigenvalue weighted by Gasteiger charge is -2.39. The number of fused-ring (bicyclic) bond motifs is 1. The molecule has 0 bridgehead atoms. The summed E-state index contributed by atoms with van der Waals surface area (Å²) in [7, 11) is 3.04. The Labute approximate surface area is 175 Å². The molecule has 162 valence electrons. The Kier molecular flexibility index (Phi) is 6.12. The lowest BCUT2D eigenvalue weighted by molar-refractivity contribution is -0.143. The Hall–Kier alpha value is -2.94. The monoisotopic (exact) mass is 416 g/mol. The van der Waals surface area contributed by atoms with Crippen molar-refractivity contribution in [3.63, 3.8) is 0 Å². The minimum Gasteiger partial charge on any atom is -0.481 e. The number of rotatable bonds is 4. The molecule has 0 spiro atoms.